The standard InChI is InChI=1S/C19H26ClN3O5S/c1-13-11-23(12-14(2)28-13)29(26,27)18-10-16(4-5-17(18)20)19(25)22-8-6-21(7-9-22)15(3)24/h4-5,10,13-14H,6-9,11-12H2,1-3H3/t13-,14+. The molecule has 1 aromatic rings. The van der Waals surface area contributed by atoms with E-state index in [1.165, 1.54) is 29.4 Å². The Morgan fingerprint density at radius 2 is 1.59 bits per heavy atom. The van der Waals surface area contributed by atoms with Gasteiger partial charge in [-0.15, -0.1) is 0 Å². The molecule has 1 aromatic carbocycles. The minimum Gasteiger partial charge on any atom is -0.373 e. The maximum atomic E-state index is 13.2. The first kappa shape index (κ1) is 22.0. The van der Waals surface area contributed by atoms with Crippen molar-refractivity contribution in [1.82, 2.24) is 14.1 Å². The van der Waals surface area contributed by atoms with Gasteiger partial charge in [-0.2, -0.15) is 4.31 Å². The second-order valence-electron chi connectivity index (χ2n) is 7.52. The first-order valence-corrected chi connectivity index (χ1v) is 11.4. The number of carbonyl (C=O) groups is 2. The molecule has 0 bridgehead atoms. The molecule has 0 aliphatic carbocycles. The van der Waals surface area contributed by atoms with E-state index >= 15 is 0 Å². The zero-order valence-corrected chi connectivity index (χ0v) is 18.4. The van der Waals surface area contributed by atoms with Gasteiger partial charge in [-0.05, 0) is 32.0 Å². The molecule has 0 N–H and O–H groups in total. The van der Waals surface area contributed by atoms with Crippen molar-refractivity contribution >= 4 is 33.4 Å². The molecular formula is C19H26ClN3O5S. The van der Waals surface area contributed by atoms with Crippen LogP contribution in [-0.4, -0.2) is 85.8 Å². The minimum absolute atomic E-state index is 0.0223. The number of hydrogen-bond donors (Lipinski definition) is 0. The number of sulfonamides is 1. The van der Waals surface area contributed by atoms with Crippen molar-refractivity contribution in [2.24, 2.45) is 0 Å². The third-order valence-electron chi connectivity index (χ3n) is 5.19. The summed E-state index contributed by atoms with van der Waals surface area (Å²) in [6.45, 7) is 7.33. The van der Waals surface area contributed by atoms with Gasteiger partial charge in [0, 0.05) is 51.8 Å². The largest absolute Gasteiger partial charge is 0.373 e. The van der Waals surface area contributed by atoms with Crippen molar-refractivity contribution in [2.75, 3.05) is 39.3 Å². The first-order valence-electron chi connectivity index (χ1n) is 9.59. The molecule has 0 radical (unpaired) electrons. The summed E-state index contributed by atoms with van der Waals surface area (Å²) in [6.07, 6.45) is -0.454. The zero-order valence-electron chi connectivity index (χ0n) is 16.8. The van der Waals surface area contributed by atoms with Crippen LogP contribution in [0.3, 0.4) is 0 Å². The van der Waals surface area contributed by atoms with Crippen molar-refractivity contribution in [3.63, 3.8) is 0 Å². The Morgan fingerprint density at radius 1 is 1.03 bits per heavy atom. The van der Waals surface area contributed by atoms with Crippen LogP contribution < -0.4 is 0 Å². The SMILES string of the molecule is CC(=O)N1CCN(C(=O)c2ccc(Cl)c(S(=O)(=O)N3C[C@@H](C)O[C@@H](C)C3)c2)CC1. The molecule has 8 nitrogen and oxygen atoms in total. The number of ether oxygens (including phenoxy) is 1. The molecular weight excluding hydrogens is 418 g/mol. The van der Waals surface area contributed by atoms with Crippen LogP contribution in [0.2, 0.25) is 5.02 Å². The van der Waals surface area contributed by atoms with E-state index in [1.807, 2.05) is 13.8 Å². The Labute approximate surface area is 176 Å². The number of nitrogens with zero attached hydrogens (tertiary/aromatic N) is 3. The fourth-order valence-corrected chi connectivity index (χ4v) is 5.80. The molecule has 2 fully saturated rings. The highest BCUT2D eigenvalue weighted by atomic mass is 35.5. The van der Waals surface area contributed by atoms with Crippen molar-refractivity contribution in [1.29, 1.82) is 0 Å². The van der Waals surface area contributed by atoms with Crippen LogP contribution in [-0.2, 0) is 19.6 Å². The van der Waals surface area contributed by atoms with E-state index in [9.17, 15) is 18.0 Å². The summed E-state index contributed by atoms with van der Waals surface area (Å²) in [5, 5.41) is 0.0785. The number of carbonyl (C=O) groups excluding carboxylic acids is 2. The summed E-state index contributed by atoms with van der Waals surface area (Å²) >= 11 is 6.21. The number of halogens is 1. The maximum Gasteiger partial charge on any atom is 0.254 e. The van der Waals surface area contributed by atoms with E-state index in [2.05, 4.69) is 0 Å². The van der Waals surface area contributed by atoms with E-state index in [0.717, 1.165) is 0 Å². The first-order chi connectivity index (χ1) is 13.6. The summed E-state index contributed by atoms with van der Waals surface area (Å²) < 4.78 is 33.3. The monoisotopic (exact) mass is 443 g/mol. The molecule has 2 atom stereocenters. The highest BCUT2D eigenvalue weighted by Crippen LogP contribution is 2.28. The maximum absolute atomic E-state index is 13.2. The highest BCUT2D eigenvalue weighted by molar-refractivity contribution is 7.89. The number of morpholine rings is 1. The van der Waals surface area contributed by atoms with Crippen LogP contribution >= 0.6 is 11.6 Å². The molecule has 2 aliphatic heterocycles. The van der Waals surface area contributed by atoms with Gasteiger partial charge >= 0.3 is 0 Å². The fourth-order valence-electron chi connectivity index (χ4n) is 3.71. The molecule has 2 aliphatic rings. The van der Waals surface area contributed by atoms with E-state index < -0.39 is 10.0 Å². The van der Waals surface area contributed by atoms with Crippen molar-refractivity contribution in [2.45, 2.75) is 37.9 Å². The molecule has 0 saturated carbocycles. The molecule has 0 unspecified atom stereocenters. The molecule has 3 rings (SSSR count). The predicted molar refractivity (Wildman–Crippen MR) is 108 cm³/mol. The molecule has 0 aromatic heterocycles. The van der Waals surface area contributed by atoms with E-state index in [0.29, 0.717) is 26.2 Å². The summed E-state index contributed by atoms with van der Waals surface area (Å²) in [6, 6.07) is 4.33. The Hall–Kier alpha value is -1.68. The molecule has 0 spiro atoms. The van der Waals surface area contributed by atoms with Crippen LogP contribution in [0.5, 0.6) is 0 Å². The second-order valence-corrected chi connectivity index (χ2v) is 9.84. The number of hydrogen-bond acceptors (Lipinski definition) is 5. The minimum atomic E-state index is -3.87. The topological polar surface area (TPSA) is 87.2 Å². The third kappa shape index (κ3) is 4.74. The summed E-state index contributed by atoms with van der Waals surface area (Å²) in [5.74, 6) is -0.295. The smallest absolute Gasteiger partial charge is 0.254 e. The quantitative estimate of drug-likeness (QED) is 0.705. The van der Waals surface area contributed by atoms with E-state index in [1.54, 1.807) is 9.80 Å². The van der Waals surface area contributed by atoms with Crippen LogP contribution in [0.1, 0.15) is 31.1 Å². The van der Waals surface area contributed by atoms with Gasteiger partial charge in [-0.1, -0.05) is 11.6 Å². The average Bonchev–Trinajstić information content (AvgIpc) is 2.67. The molecule has 2 heterocycles. The summed E-state index contributed by atoms with van der Waals surface area (Å²) in [7, 11) is -3.87. The third-order valence-corrected chi connectivity index (χ3v) is 7.51. The number of piperazine rings is 1. The molecule has 160 valence electrons. The molecule has 10 heteroatoms. The lowest BCUT2D eigenvalue weighted by atomic mass is 10.2. The number of rotatable bonds is 3. The molecule has 2 amide bonds. The zero-order chi connectivity index (χ0) is 21.3. The van der Waals surface area contributed by atoms with Crippen molar-refractivity contribution in [3.8, 4) is 0 Å². The normalized spacial score (nSPS) is 23.9. The Morgan fingerprint density at radius 3 is 2.14 bits per heavy atom. The number of amides is 2. The van der Waals surface area contributed by atoms with Crippen molar-refractivity contribution in [3.05, 3.63) is 28.8 Å². The van der Waals surface area contributed by atoms with Gasteiger partial charge in [-0.25, -0.2) is 8.42 Å². The average molecular weight is 444 g/mol. The van der Waals surface area contributed by atoms with Crippen LogP contribution in [0.25, 0.3) is 0 Å². The second kappa shape index (κ2) is 8.59. The van der Waals surface area contributed by atoms with Crippen LogP contribution in [0.15, 0.2) is 23.1 Å². The van der Waals surface area contributed by atoms with Crippen LogP contribution in [0.4, 0.5) is 0 Å². The van der Waals surface area contributed by atoms with Gasteiger partial charge in [0.05, 0.1) is 17.2 Å². The lowest BCUT2D eigenvalue weighted by Gasteiger charge is -2.35. The lowest BCUT2D eigenvalue weighted by Crippen LogP contribution is -2.50. The van der Waals surface area contributed by atoms with Gasteiger partial charge in [0.1, 0.15) is 4.90 Å². The molecule has 29 heavy (non-hydrogen) atoms. The van der Waals surface area contributed by atoms with Crippen molar-refractivity contribution < 1.29 is 22.7 Å². The van der Waals surface area contributed by atoms with Gasteiger partial charge in [-0.3, -0.25) is 9.59 Å². The van der Waals surface area contributed by atoms with Gasteiger partial charge in [0.15, 0.2) is 0 Å². The van der Waals surface area contributed by atoms with Crippen LogP contribution in [0, 0.1) is 0 Å². The Balaban J connectivity index is 1.83. The highest BCUT2D eigenvalue weighted by Gasteiger charge is 2.34. The number of benzene rings is 1. The van der Waals surface area contributed by atoms with Gasteiger partial charge in [0.25, 0.3) is 5.91 Å². The fraction of sp³-hybridized carbons (Fsp3) is 0.579. The molecule has 2 saturated heterocycles. The Kier molecular flexibility index (Phi) is 6.52. The Bertz CT molecular complexity index is 889. The lowest BCUT2D eigenvalue weighted by molar-refractivity contribution is -0.130. The summed E-state index contributed by atoms with van der Waals surface area (Å²) in [4.78, 5) is 27.6. The van der Waals surface area contributed by atoms with Gasteiger partial charge < -0.3 is 14.5 Å². The van der Waals surface area contributed by atoms with E-state index in [-0.39, 0.29) is 52.6 Å². The summed E-state index contributed by atoms with van der Waals surface area (Å²) in [5.41, 5.74) is 0.263. The van der Waals surface area contributed by atoms with E-state index in [4.69, 9.17) is 16.3 Å². The predicted octanol–water partition coefficient (Wildman–Crippen LogP) is 1.44. The van der Waals surface area contributed by atoms with Gasteiger partial charge in [0.2, 0.25) is 15.9 Å².